The lowest BCUT2D eigenvalue weighted by Gasteiger charge is -2.23. The van der Waals surface area contributed by atoms with Gasteiger partial charge in [-0.25, -0.2) is 9.48 Å². The molecule has 1 atom stereocenters. The van der Waals surface area contributed by atoms with Gasteiger partial charge in [-0.2, -0.15) is 0 Å². The number of nitrogens with one attached hydrogen (secondary N) is 2. The van der Waals surface area contributed by atoms with Crippen LogP contribution in [0.2, 0.25) is 0 Å². The molecule has 0 aliphatic heterocycles. The summed E-state index contributed by atoms with van der Waals surface area (Å²) in [4.78, 5) is 27.0. The van der Waals surface area contributed by atoms with Crippen molar-refractivity contribution in [2.24, 2.45) is 13.0 Å². The van der Waals surface area contributed by atoms with Crippen LogP contribution in [0.4, 0.5) is 10.5 Å². The Hall–Kier alpha value is -2.80. The van der Waals surface area contributed by atoms with E-state index in [1.54, 1.807) is 20.7 Å². The topological polar surface area (TPSA) is 68.1 Å². The van der Waals surface area contributed by atoms with Gasteiger partial charge in [-0.1, -0.05) is 37.1 Å². The van der Waals surface area contributed by atoms with Gasteiger partial charge in [-0.3, -0.25) is 9.48 Å². The Morgan fingerprint density at radius 1 is 1.14 bits per heavy atom. The van der Waals surface area contributed by atoms with Gasteiger partial charge in [0.1, 0.15) is 5.69 Å². The van der Waals surface area contributed by atoms with Gasteiger partial charge in [-0.05, 0) is 49.3 Å². The highest BCUT2D eigenvalue weighted by Gasteiger charge is 2.29. The van der Waals surface area contributed by atoms with Gasteiger partial charge in [0.25, 0.3) is 5.56 Å². The van der Waals surface area contributed by atoms with E-state index in [0.717, 1.165) is 18.5 Å². The summed E-state index contributed by atoms with van der Waals surface area (Å²) < 4.78 is 3.33. The number of thiophene rings is 1. The number of para-hydroxylation sites is 1. The highest BCUT2D eigenvalue weighted by molar-refractivity contribution is 7.10. The van der Waals surface area contributed by atoms with Crippen molar-refractivity contribution < 1.29 is 4.79 Å². The molecule has 4 rings (SSSR count). The molecule has 1 aliphatic carbocycles. The average Bonchev–Trinajstić information content (AvgIpc) is 3.47. The average molecular weight is 411 g/mol. The van der Waals surface area contributed by atoms with Crippen molar-refractivity contribution >= 4 is 23.1 Å². The maximum Gasteiger partial charge on any atom is 0.319 e. The molecule has 2 amide bonds. The van der Waals surface area contributed by atoms with Gasteiger partial charge in [0.2, 0.25) is 0 Å². The number of amides is 2. The first-order valence-electron chi connectivity index (χ1n) is 10.0. The van der Waals surface area contributed by atoms with Gasteiger partial charge in [0.15, 0.2) is 0 Å². The summed E-state index contributed by atoms with van der Waals surface area (Å²) in [6, 6.07) is 13.2. The standard InChI is InChI=1S/C22H26N4O2S/c1-15-19(21(27)26(25(15)2)17-11-4-3-5-12-17)23-22(28)24-20(16-9-6-7-10-16)18-13-8-14-29-18/h3-5,8,11-14,16,20H,6-7,9-10H2,1-2H3,(H2,23,24,28)/t20-/m1/s1. The molecular weight excluding hydrogens is 384 g/mol. The molecule has 1 aromatic carbocycles. The number of anilines is 1. The number of hydrogen-bond donors (Lipinski definition) is 2. The number of aromatic nitrogens is 2. The summed E-state index contributed by atoms with van der Waals surface area (Å²) in [7, 11) is 1.82. The second-order valence-electron chi connectivity index (χ2n) is 7.57. The van der Waals surface area contributed by atoms with Gasteiger partial charge < -0.3 is 10.6 Å². The van der Waals surface area contributed by atoms with E-state index >= 15 is 0 Å². The third kappa shape index (κ3) is 3.87. The molecule has 2 heterocycles. The van der Waals surface area contributed by atoms with E-state index in [-0.39, 0.29) is 17.6 Å². The molecule has 7 heteroatoms. The van der Waals surface area contributed by atoms with Crippen LogP contribution in [0.15, 0.2) is 52.6 Å². The molecule has 29 heavy (non-hydrogen) atoms. The van der Waals surface area contributed by atoms with Crippen molar-refractivity contribution in [3.05, 3.63) is 68.8 Å². The molecule has 3 aromatic rings. The van der Waals surface area contributed by atoms with Gasteiger partial charge in [0.05, 0.1) is 17.4 Å². The highest BCUT2D eigenvalue weighted by Crippen LogP contribution is 2.37. The van der Waals surface area contributed by atoms with Crippen LogP contribution in [0.1, 0.15) is 42.3 Å². The van der Waals surface area contributed by atoms with E-state index in [1.165, 1.54) is 17.7 Å². The van der Waals surface area contributed by atoms with Gasteiger partial charge in [-0.15, -0.1) is 11.3 Å². The predicted molar refractivity (Wildman–Crippen MR) is 117 cm³/mol. The Morgan fingerprint density at radius 3 is 2.52 bits per heavy atom. The van der Waals surface area contributed by atoms with Crippen molar-refractivity contribution in [3.63, 3.8) is 0 Å². The minimum atomic E-state index is -0.332. The fraction of sp³-hybridized carbons (Fsp3) is 0.364. The Balaban J connectivity index is 1.57. The lowest BCUT2D eigenvalue weighted by molar-refractivity contribution is 0.243. The second-order valence-corrected chi connectivity index (χ2v) is 8.55. The Labute approximate surface area is 174 Å². The normalized spacial score (nSPS) is 15.4. The van der Waals surface area contributed by atoms with Crippen LogP contribution in [0, 0.1) is 12.8 Å². The third-order valence-electron chi connectivity index (χ3n) is 5.80. The molecule has 1 aliphatic rings. The maximum atomic E-state index is 13.0. The molecule has 0 saturated heterocycles. The number of carbonyl (C=O) groups excluding carboxylic acids is 1. The SMILES string of the molecule is Cc1c(NC(=O)N[C@@H](c2cccs2)C2CCCC2)c(=O)n(-c2ccccc2)n1C. The molecule has 0 bridgehead atoms. The molecule has 2 N–H and O–H groups in total. The van der Waals surface area contributed by atoms with Crippen LogP contribution in [0.25, 0.3) is 5.69 Å². The molecule has 1 saturated carbocycles. The molecule has 0 radical (unpaired) electrons. The fourth-order valence-corrected chi connectivity index (χ4v) is 5.05. The zero-order chi connectivity index (χ0) is 20.4. The lowest BCUT2D eigenvalue weighted by atomic mass is 9.97. The minimum absolute atomic E-state index is 0.0159. The van der Waals surface area contributed by atoms with Crippen LogP contribution in [-0.4, -0.2) is 15.4 Å². The quantitative estimate of drug-likeness (QED) is 0.645. The zero-order valence-electron chi connectivity index (χ0n) is 16.7. The van der Waals surface area contributed by atoms with Crippen LogP contribution in [-0.2, 0) is 7.05 Å². The summed E-state index contributed by atoms with van der Waals surface area (Å²) in [6.07, 6.45) is 4.65. The van der Waals surface area contributed by atoms with Crippen LogP contribution in [0.5, 0.6) is 0 Å². The van der Waals surface area contributed by atoms with E-state index in [4.69, 9.17) is 0 Å². The Morgan fingerprint density at radius 2 is 1.86 bits per heavy atom. The second kappa shape index (κ2) is 8.29. The molecule has 6 nitrogen and oxygen atoms in total. The van der Waals surface area contributed by atoms with E-state index < -0.39 is 0 Å². The summed E-state index contributed by atoms with van der Waals surface area (Å²) in [5.74, 6) is 0.442. The smallest absolute Gasteiger partial charge is 0.319 e. The lowest BCUT2D eigenvalue weighted by Crippen LogP contribution is -2.36. The van der Waals surface area contributed by atoms with Gasteiger partial charge >= 0.3 is 6.03 Å². The summed E-state index contributed by atoms with van der Waals surface area (Å²) in [6.45, 7) is 1.84. The van der Waals surface area contributed by atoms with Crippen molar-refractivity contribution in [3.8, 4) is 5.69 Å². The predicted octanol–water partition coefficient (Wildman–Crippen LogP) is 4.60. The molecule has 0 spiro atoms. The molecular formula is C22H26N4O2S. The Kier molecular flexibility index (Phi) is 5.58. The highest BCUT2D eigenvalue weighted by atomic mass is 32.1. The van der Waals surface area contributed by atoms with Crippen LogP contribution in [0.3, 0.4) is 0 Å². The number of hydrogen-bond acceptors (Lipinski definition) is 3. The molecule has 152 valence electrons. The number of carbonyl (C=O) groups is 1. The van der Waals surface area contributed by atoms with Crippen molar-refractivity contribution in [2.75, 3.05) is 5.32 Å². The molecule has 1 fully saturated rings. The van der Waals surface area contributed by atoms with Crippen molar-refractivity contribution in [2.45, 2.75) is 38.6 Å². The molecule has 0 unspecified atom stereocenters. The summed E-state index contributed by atoms with van der Waals surface area (Å²) in [5.41, 5.74) is 1.55. The first-order valence-corrected chi connectivity index (χ1v) is 10.9. The monoisotopic (exact) mass is 410 g/mol. The van der Waals surface area contributed by atoms with Crippen LogP contribution < -0.4 is 16.2 Å². The van der Waals surface area contributed by atoms with Crippen molar-refractivity contribution in [1.82, 2.24) is 14.7 Å². The van der Waals surface area contributed by atoms with E-state index in [2.05, 4.69) is 16.7 Å². The molecule has 2 aromatic heterocycles. The van der Waals surface area contributed by atoms with E-state index in [9.17, 15) is 9.59 Å². The maximum absolute atomic E-state index is 13.0. The summed E-state index contributed by atoms with van der Waals surface area (Å²) in [5, 5.41) is 8.00. The summed E-state index contributed by atoms with van der Waals surface area (Å²) >= 11 is 1.66. The Bertz CT molecular complexity index is 1030. The van der Waals surface area contributed by atoms with Crippen LogP contribution >= 0.6 is 11.3 Å². The number of benzene rings is 1. The number of urea groups is 1. The third-order valence-corrected chi connectivity index (χ3v) is 6.76. The first-order chi connectivity index (χ1) is 14.1. The zero-order valence-corrected chi connectivity index (χ0v) is 17.5. The number of nitrogens with zero attached hydrogens (tertiary/aromatic N) is 2. The van der Waals surface area contributed by atoms with E-state index in [0.29, 0.717) is 17.3 Å². The number of rotatable bonds is 5. The van der Waals surface area contributed by atoms with Crippen molar-refractivity contribution in [1.29, 1.82) is 0 Å². The van der Waals surface area contributed by atoms with E-state index in [1.807, 2.05) is 55.7 Å². The fourth-order valence-electron chi connectivity index (χ4n) is 4.18. The van der Waals surface area contributed by atoms with Gasteiger partial charge in [0, 0.05) is 11.9 Å². The minimum Gasteiger partial charge on any atom is -0.330 e. The first kappa shape index (κ1) is 19.5. The largest absolute Gasteiger partial charge is 0.330 e.